The van der Waals surface area contributed by atoms with Gasteiger partial charge in [-0.2, -0.15) is 0 Å². The SMILES string of the molecule is CCCCCCNCc1ccc(C(N)=NO)cc1F. The molecular formula is C14H22FN3O. The van der Waals surface area contributed by atoms with Crippen molar-refractivity contribution in [3.8, 4) is 0 Å². The summed E-state index contributed by atoms with van der Waals surface area (Å²) in [7, 11) is 0. The van der Waals surface area contributed by atoms with E-state index in [9.17, 15) is 4.39 Å². The molecule has 0 amide bonds. The molecular weight excluding hydrogens is 245 g/mol. The molecule has 0 heterocycles. The number of unbranched alkanes of at least 4 members (excludes halogenated alkanes) is 3. The van der Waals surface area contributed by atoms with Crippen LogP contribution in [-0.2, 0) is 6.54 Å². The maximum atomic E-state index is 13.7. The summed E-state index contributed by atoms with van der Waals surface area (Å²) in [6, 6.07) is 4.58. The van der Waals surface area contributed by atoms with E-state index in [1.807, 2.05) is 0 Å². The number of hydrogen-bond acceptors (Lipinski definition) is 3. The smallest absolute Gasteiger partial charge is 0.170 e. The van der Waals surface area contributed by atoms with Crippen LogP contribution in [0.15, 0.2) is 23.4 Å². The average Bonchev–Trinajstić information content (AvgIpc) is 2.43. The standard InChI is InChI=1S/C14H22FN3O/c1-2-3-4-5-8-17-10-12-7-6-11(9-13(12)15)14(16)18-19/h6-7,9,17,19H,2-5,8,10H2,1H3,(H2,16,18). The summed E-state index contributed by atoms with van der Waals surface area (Å²) in [5, 5.41) is 14.6. The number of hydrogen-bond donors (Lipinski definition) is 3. The van der Waals surface area contributed by atoms with E-state index in [0.29, 0.717) is 17.7 Å². The van der Waals surface area contributed by atoms with E-state index in [4.69, 9.17) is 10.9 Å². The average molecular weight is 267 g/mol. The topological polar surface area (TPSA) is 70.6 Å². The predicted molar refractivity (Wildman–Crippen MR) is 74.8 cm³/mol. The summed E-state index contributed by atoms with van der Waals surface area (Å²) in [6.07, 6.45) is 4.76. The third-order valence-corrected chi connectivity index (χ3v) is 2.98. The molecule has 0 aliphatic heterocycles. The minimum Gasteiger partial charge on any atom is -0.409 e. The largest absolute Gasteiger partial charge is 0.409 e. The molecule has 5 heteroatoms. The summed E-state index contributed by atoms with van der Waals surface area (Å²) in [5.74, 6) is -0.428. The van der Waals surface area contributed by atoms with Crippen LogP contribution >= 0.6 is 0 Å². The van der Waals surface area contributed by atoms with Crippen molar-refractivity contribution in [1.29, 1.82) is 0 Å². The van der Waals surface area contributed by atoms with Crippen molar-refractivity contribution in [2.24, 2.45) is 10.9 Å². The Hall–Kier alpha value is -1.62. The van der Waals surface area contributed by atoms with Crippen LogP contribution in [-0.4, -0.2) is 17.6 Å². The normalized spacial score (nSPS) is 11.8. The highest BCUT2D eigenvalue weighted by Gasteiger charge is 2.06. The highest BCUT2D eigenvalue weighted by Crippen LogP contribution is 2.10. The number of nitrogens with two attached hydrogens (primary N) is 1. The minimum atomic E-state index is -0.342. The van der Waals surface area contributed by atoms with Crippen molar-refractivity contribution in [2.45, 2.75) is 39.2 Å². The van der Waals surface area contributed by atoms with E-state index >= 15 is 0 Å². The summed E-state index contributed by atoms with van der Waals surface area (Å²) in [6.45, 7) is 3.56. The Morgan fingerprint density at radius 1 is 1.37 bits per heavy atom. The Labute approximate surface area is 113 Å². The molecule has 0 spiro atoms. The molecule has 0 saturated heterocycles. The maximum absolute atomic E-state index is 13.7. The van der Waals surface area contributed by atoms with Crippen LogP contribution in [0.4, 0.5) is 4.39 Å². The molecule has 4 nitrogen and oxygen atoms in total. The molecule has 0 aliphatic carbocycles. The Morgan fingerprint density at radius 3 is 2.79 bits per heavy atom. The molecule has 4 N–H and O–H groups in total. The van der Waals surface area contributed by atoms with Gasteiger partial charge in [0.25, 0.3) is 0 Å². The molecule has 19 heavy (non-hydrogen) atoms. The third kappa shape index (κ3) is 5.26. The molecule has 0 aromatic heterocycles. The first-order chi connectivity index (χ1) is 9.19. The van der Waals surface area contributed by atoms with E-state index in [2.05, 4.69) is 17.4 Å². The maximum Gasteiger partial charge on any atom is 0.170 e. The van der Waals surface area contributed by atoms with E-state index in [1.54, 1.807) is 12.1 Å². The fourth-order valence-electron chi connectivity index (χ4n) is 1.81. The molecule has 0 saturated carbocycles. The van der Waals surface area contributed by atoms with Crippen LogP contribution in [0.1, 0.15) is 43.7 Å². The van der Waals surface area contributed by atoms with Crippen molar-refractivity contribution in [3.63, 3.8) is 0 Å². The number of amidine groups is 1. The zero-order valence-corrected chi connectivity index (χ0v) is 11.3. The number of halogens is 1. The number of benzene rings is 1. The van der Waals surface area contributed by atoms with Crippen LogP contribution in [0, 0.1) is 5.82 Å². The van der Waals surface area contributed by atoms with Gasteiger partial charge in [0.05, 0.1) is 0 Å². The van der Waals surface area contributed by atoms with Gasteiger partial charge in [0.1, 0.15) is 5.82 Å². The zero-order chi connectivity index (χ0) is 14.1. The van der Waals surface area contributed by atoms with Gasteiger partial charge in [-0.25, -0.2) is 4.39 Å². The molecule has 1 aromatic carbocycles. The van der Waals surface area contributed by atoms with Crippen molar-refractivity contribution in [2.75, 3.05) is 6.54 Å². The number of nitrogens with one attached hydrogen (secondary N) is 1. The number of rotatable bonds is 8. The zero-order valence-electron chi connectivity index (χ0n) is 11.3. The van der Waals surface area contributed by atoms with Gasteiger partial charge in [0.15, 0.2) is 5.84 Å². The van der Waals surface area contributed by atoms with Gasteiger partial charge in [0, 0.05) is 17.7 Å². The second-order valence-corrected chi connectivity index (χ2v) is 4.53. The van der Waals surface area contributed by atoms with Crippen LogP contribution in [0.2, 0.25) is 0 Å². The molecule has 0 aliphatic rings. The Morgan fingerprint density at radius 2 is 2.16 bits per heavy atom. The van der Waals surface area contributed by atoms with Crippen molar-refractivity contribution in [3.05, 3.63) is 35.1 Å². The molecule has 1 aromatic rings. The van der Waals surface area contributed by atoms with Crippen LogP contribution in [0.5, 0.6) is 0 Å². The monoisotopic (exact) mass is 267 g/mol. The third-order valence-electron chi connectivity index (χ3n) is 2.98. The minimum absolute atomic E-state index is 0.0852. The summed E-state index contributed by atoms with van der Waals surface area (Å²) in [5.41, 5.74) is 6.37. The lowest BCUT2D eigenvalue weighted by Gasteiger charge is -2.07. The Balaban J connectivity index is 2.43. The van der Waals surface area contributed by atoms with Gasteiger partial charge in [-0.1, -0.05) is 43.5 Å². The first kappa shape index (κ1) is 15.4. The molecule has 106 valence electrons. The fourth-order valence-corrected chi connectivity index (χ4v) is 1.81. The molecule has 0 bridgehead atoms. The second-order valence-electron chi connectivity index (χ2n) is 4.53. The Kier molecular flexibility index (Phi) is 6.89. The van der Waals surface area contributed by atoms with Crippen LogP contribution in [0.25, 0.3) is 0 Å². The van der Waals surface area contributed by atoms with E-state index in [0.717, 1.165) is 13.0 Å². The van der Waals surface area contributed by atoms with Gasteiger partial charge >= 0.3 is 0 Å². The fraction of sp³-hybridized carbons (Fsp3) is 0.500. The van der Waals surface area contributed by atoms with Crippen molar-refractivity contribution in [1.82, 2.24) is 5.32 Å². The van der Waals surface area contributed by atoms with Crippen LogP contribution < -0.4 is 11.1 Å². The van der Waals surface area contributed by atoms with E-state index in [1.165, 1.54) is 25.3 Å². The first-order valence-corrected chi connectivity index (χ1v) is 6.66. The quantitative estimate of drug-likeness (QED) is 0.223. The number of oxime groups is 1. The molecule has 1 rings (SSSR count). The first-order valence-electron chi connectivity index (χ1n) is 6.66. The van der Waals surface area contributed by atoms with Gasteiger partial charge in [0.2, 0.25) is 0 Å². The highest BCUT2D eigenvalue weighted by molar-refractivity contribution is 5.97. The van der Waals surface area contributed by atoms with Gasteiger partial charge in [-0.05, 0) is 19.0 Å². The second kappa shape index (κ2) is 8.48. The van der Waals surface area contributed by atoms with Gasteiger partial charge in [-0.15, -0.1) is 0 Å². The van der Waals surface area contributed by atoms with Crippen molar-refractivity contribution < 1.29 is 9.60 Å². The summed E-state index contributed by atoms with van der Waals surface area (Å²) >= 11 is 0. The summed E-state index contributed by atoms with van der Waals surface area (Å²) < 4.78 is 13.7. The van der Waals surface area contributed by atoms with E-state index < -0.39 is 0 Å². The van der Waals surface area contributed by atoms with Crippen molar-refractivity contribution >= 4 is 5.84 Å². The lowest BCUT2D eigenvalue weighted by molar-refractivity contribution is 0.318. The van der Waals surface area contributed by atoms with Gasteiger partial charge in [-0.3, -0.25) is 0 Å². The molecule has 0 atom stereocenters. The molecule has 0 radical (unpaired) electrons. The van der Waals surface area contributed by atoms with Crippen LogP contribution in [0.3, 0.4) is 0 Å². The highest BCUT2D eigenvalue weighted by atomic mass is 19.1. The van der Waals surface area contributed by atoms with E-state index in [-0.39, 0.29) is 11.7 Å². The predicted octanol–water partition coefficient (Wildman–Crippen LogP) is 2.59. The summed E-state index contributed by atoms with van der Waals surface area (Å²) in [4.78, 5) is 0. The number of nitrogens with zero attached hydrogens (tertiary/aromatic N) is 1. The molecule has 0 unspecified atom stereocenters. The molecule has 0 fully saturated rings. The Bertz CT molecular complexity index is 421. The van der Waals surface area contributed by atoms with Gasteiger partial charge < -0.3 is 16.3 Å². The lowest BCUT2D eigenvalue weighted by Crippen LogP contribution is -2.17. The lowest BCUT2D eigenvalue weighted by atomic mass is 10.1.